The molecule has 0 atom stereocenters. The molecule has 0 bridgehead atoms. The topological polar surface area (TPSA) is 12.4 Å². The zero-order chi connectivity index (χ0) is 13.8. The van der Waals surface area contributed by atoms with E-state index in [1.165, 1.54) is 27.1 Å². The third kappa shape index (κ3) is 2.35. The highest BCUT2D eigenvalue weighted by molar-refractivity contribution is 6.09. The quantitative estimate of drug-likeness (QED) is 0.438. The second-order valence-corrected chi connectivity index (χ2v) is 4.78. The fraction of sp³-hybridized carbons (Fsp3) is 0.105. The van der Waals surface area contributed by atoms with Crippen molar-refractivity contribution in [2.24, 2.45) is 4.99 Å². The van der Waals surface area contributed by atoms with E-state index in [9.17, 15) is 0 Å². The number of hydrogen-bond donors (Lipinski definition) is 0. The predicted octanol–water partition coefficient (Wildman–Crippen LogP) is 5.44. The Morgan fingerprint density at radius 3 is 2.60 bits per heavy atom. The molecule has 0 heterocycles. The van der Waals surface area contributed by atoms with Crippen LogP contribution in [0.2, 0.25) is 0 Å². The van der Waals surface area contributed by atoms with Crippen LogP contribution in [0.5, 0.6) is 0 Å². The summed E-state index contributed by atoms with van der Waals surface area (Å²) in [4.78, 5) is 4.25. The van der Waals surface area contributed by atoms with Crippen molar-refractivity contribution in [3.63, 3.8) is 0 Å². The summed E-state index contributed by atoms with van der Waals surface area (Å²) in [5.74, 6) is 0. The molecule has 1 heteroatoms. The molecule has 0 saturated carbocycles. The number of fused-ring (bicyclic) bond motifs is 3. The van der Waals surface area contributed by atoms with Crippen LogP contribution in [0.1, 0.15) is 18.9 Å². The SMILES string of the molecule is CC/C=N\C=C/c1cccc2c1ccc1ccccc12. The molecule has 1 nitrogen and oxygen atoms in total. The highest BCUT2D eigenvalue weighted by atomic mass is 14.7. The fourth-order valence-corrected chi connectivity index (χ4v) is 2.50. The Labute approximate surface area is 119 Å². The lowest BCUT2D eigenvalue weighted by atomic mass is 9.98. The molecule has 20 heavy (non-hydrogen) atoms. The number of aliphatic imine (C=N–C) groups is 1. The number of benzene rings is 3. The molecule has 0 N–H and O–H groups in total. The van der Waals surface area contributed by atoms with Crippen molar-refractivity contribution in [2.45, 2.75) is 13.3 Å². The van der Waals surface area contributed by atoms with Crippen molar-refractivity contribution >= 4 is 33.8 Å². The standard InChI is InChI=1S/C19H17N/c1-2-13-20-14-12-16-7-5-9-19-17-8-4-3-6-15(17)10-11-18(16)19/h3-14H,2H2,1H3/b14-12-,20-13-. The van der Waals surface area contributed by atoms with Gasteiger partial charge in [-0.25, -0.2) is 0 Å². The van der Waals surface area contributed by atoms with E-state index in [0.717, 1.165) is 6.42 Å². The van der Waals surface area contributed by atoms with Gasteiger partial charge in [-0.05, 0) is 39.6 Å². The van der Waals surface area contributed by atoms with E-state index in [2.05, 4.69) is 72.6 Å². The normalized spacial score (nSPS) is 12.1. The maximum absolute atomic E-state index is 4.25. The molecule has 0 amide bonds. The third-order valence-electron chi connectivity index (χ3n) is 3.45. The highest BCUT2D eigenvalue weighted by Crippen LogP contribution is 2.28. The van der Waals surface area contributed by atoms with Crippen molar-refractivity contribution in [3.8, 4) is 0 Å². The minimum absolute atomic E-state index is 0.963. The number of nitrogens with zero attached hydrogens (tertiary/aromatic N) is 1. The van der Waals surface area contributed by atoms with Gasteiger partial charge in [0.2, 0.25) is 0 Å². The van der Waals surface area contributed by atoms with Crippen LogP contribution < -0.4 is 0 Å². The Hall–Kier alpha value is -2.41. The lowest BCUT2D eigenvalue weighted by Crippen LogP contribution is -1.81. The first-order valence-corrected chi connectivity index (χ1v) is 6.99. The Kier molecular flexibility index (Phi) is 3.60. The van der Waals surface area contributed by atoms with Crippen molar-refractivity contribution in [1.82, 2.24) is 0 Å². The maximum Gasteiger partial charge on any atom is 0.0270 e. The molecule has 0 aromatic heterocycles. The molecule has 98 valence electrons. The smallest absolute Gasteiger partial charge is 0.0270 e. The van der Waals surface area contributed by atoms with Crippen LogP contribution in [0.4, 0.5) is 0 Å². The third-order valence-corrected chi connectivity index (χ3v) is 3.45. The van der Waals surface area contributed by atoms with E-state index >= 15 is 0 Å². The summed E-state index contributed by atoms with van der Waals surface area (Å²) in [5.41, 5.74) is 1.21. The molecule has 0 saturated heterocycles. The van der Waals surface area contributed by atoms with E-state index in [1.807, 2.05) is 12.4 Å². The largest absolute Gasteiger partial charge is 0.269 e. The lowest BCUT2D eigenvalue weighted by molar-refractivity contribution is 1.31. The summed E-state index contributed by atoms with van der Waals surface area (Å²) in [5, 5.41) is 5.15. The van der Waals surface area contributed by atoms with E-state index in [4.69, 9.17) is 0 Å². The van der Waals surface area contributed by atoms with Gasteiger partial charge in [-0.15, -0.1) is 0 Å². The van der Waals surface area contributed by atoms with Crippen LogP contribution >= 0.6 is 0 Å². The van der Waals surface area contributed by atoms with Gasteiger partial charge >= 0.3 is 0 Å². The van der Waals surface area contributed by atoms with Crippen molar-refractivity contribution < 1.29 is 0 Å². The number of rotatable bonds is 3. The number of hydrogen-bond acceptors (Lipinski definition) is 1. The molecule has 0 aliphatic heterocycles. The van der Waals surface area contributed by atoms with Crippen LogP contribution in [0.25, 0.3) is 27.6 Å². The monoisotopic (exact) mass is 259 g/mol. The van der Waals surface area contributed by atoms with Gasteiger partial charge in [0.25, 0.3) is 0 Å². The summed E-state index contributed by atoms with van der Waals surface area (Å²) < 4.78 is 0. The Bertz CT molecular complexity index is 797. The molecule has 3 aromatic carbocycles. The Morgan fingerprint density at radius 2 is 1.70 bits per heavy atom. The van der Waals surface area contributed by atoms with Crippen LogP contribution in [-0.2, 0) is 0 Å². The van der Waals surface area contributed by atoms with E-state index in [-0.39, 0.29) is 0 Å². The summed E-state index contributed by atoms with van der Waals surface area (Å²) in [6, 6.07) is 19.3. The van der Waals surface area contributed by atoms with Crippen molar-refractivity contribution in [2.75, 3.05) is 0 Å². The summed E-state index contributed by atoms with van der Waals surface area (Å²) in [7, 11) is 0. The van der Waals surface area contributed by atoms with E-state index in [1.54, 1.807) is 0 Å². The van der Waals surface area contributed by atoms with Gasteiger partial charge in [-0.2, -0.15) is 0 Å². The van der Waals surface area contributed by atoms with Gasteiger partial charge in [0.05, 0.1) is 0 Å². The molecule has 0 unspecified atom stereocenters. The van der Waals surface area contributed by atoms with Crippen molar-refractivity contribution in [3.05, 3.63) is 66.4 Å². The average Bonchev–Trinajstić information content (AvgIpc) is 2.51. The molecule has 0 aliphatic rings. The van der Waals surface area contributed by atoms with Gasteiger partial charge in [0.15, 0.2) is 0 Å². The first-order chi connectivity index (χ1) is 9.90. The van der Waals surface area contributed by atoms with E-state index < -0.39 is 0 Å². The minimum Gasteiger partial charge on any atom is -0.269 e. The molecule has 3 aromatic rings. The first-order valence-electron chi connectivity index (χ1n) is 6.99. The maximum atomic E-state index is 4.25. The first kappa shape index (κ1) is 12.6. The molecular formula is C19H17N. The molecule has 0 aliphatic carbocycles. The zero-order valence-electron chi connectivity index (χ0n) is 11.6. The molecular weight excluding hydrogens is 242 g/mol. The summed E-state index contributed by atoms with van der Waals surface area (Å²) >= 11 is 0. The Morgan fingerprint density at radius 1 is 0.850 bits per heavy atom. The molecule has 3 rings (SSSR count). The summed E-state index contributed by atoms with van der Waals surface area (Å²) in [6.07, 6.45) is 6.82. The zero-order valence-corrected chi connectivity index (χ0v) is 11.6. The second-order valence-electron chi connectivity index (χ2n) is 4.78. The van der Waals surface area contributed by atoms with Crippen LogP contribution in [0.3, 0.4) is 0 Å². The predicted molar refractivity (Wildman–Crippen MR) is 89.3 cm³/mol. The van der Waals surface area contributed by atoms with Gasteiger partial charge in [-0.3, -0.25) is 4.99 Å². The molecule has 0 radical (unpaired) electrons. The minimum atomic E-state index is 0.963. The summed E-state index contributed by atoms with van der Waals surface area (Å²) in [6.45, 7) is 2.08. The molecule has 0 fully saturated rings. The average molecular weight is 259 g/mol. The lowest BCUT2D eigenvalue weighted by Gasteiger charge is -2.06. The van der Waals surface area contributed by atoms with Crippen LogP contribution in [0, 0.1) is 0 Å². The molecule has 0 spiro atoms. The van der Waals surface area contributed by atoms with Gasteiger partial charge < -0.3 is 0 Å². The van der Waals surface area contributed by atoms with Gasteiger partial charge in [0.1, 0.15) is 0 Å². The van der Waals surface area contributed by atoms with Gasteiger partial charge in [0, 0.05) is 12.4 Å². The van der Waals surface area contributed by atoms with Gasteiger partial charge in [-0.1, -0.05) is 61.5 Å². The second kappa shape index (κ2) is 5.70. The van der Waals surface area contributed by atoms with Crippen molar-refractivity contribution in [1.29, 1.82) is 0 Å². The Balaban J connectivity index is 2.17. The highest BCUT2D eigenvalue weighted by Gasteiger charge is 2.02. The van der Waals surface area contributed by atoms with E-state index in [0.29, 0.717) is 0 Å². The van der Waals surface area contributed by atoms with Crippen LogP contribution in [-0.4, -0.2) is 6.21 Å². The fourth-order valence-electron chi connectivity index (χ4n) is 2.50. The van der Waals surface area contributed by atoms with Crippen LogP contribution in [0.15, 0.2) is 65.8 Å².